The fraction of sp³-hybridized carbons (Fsp3) is 0.765. The summed E-state index contributed by atoms with van der Waals surface area (Å²) in [4.78, 5) is 28.5. The zero-order valence-corrected chi connectivity index (χ0v) is 14.9. The average Bonchev–Trinajstić information content (AvgIpc) is 3.32. The highest BCUT2D eigenvalue weighted by atomic mass is 16.5. The molecule has 2 aliphatic heterocycles. The molecule has 138 valence electrons. The summed E-state index contributed by atoms with van der Waals surface area (Å²) in [6.07, 6.45) is 3.54. The molecule has 2 amide bonds. The van der Waals surface area contributed by atoms with Crippen LogP contribution in [0.1, 0.15) is 44.4 Å². The molecule has 0 spiro atoms. The summed E-state index contributed by atoms with van der Waals surface area (Å²) in [5.41, 5.74) is 0. The second-order valence-electron chi connectivity index (χ2n) is 6.74. The number of piperidine rings is 1. The minimum atomic E-state index is -0.278. The minimum Gasteiger partial charge on any atom is -0.423 e. The van der Waals surface area contributed by atoms with Crippen molar-refractivity contribution in [3.05, 3.63) is 11.8 Å². The quantitative estimate of drug-likeness (QED) is 0.787. The van der Waals surface area contributed by atoms with Crippen LogP contribution >= 0.6 is 0 Å². The van der Waals surface area contributed by atoms with Gasteiger partial charge in [-0.05, 0) is 25.7 Å². The molecule has 3 rings (SSSR count). The Morgan fingerprint density at radius 3 is 2.52 bits per heavy atom. The standard InChI is InChI=1S/C17H26N4O4/c1-3-14-18-19-15(25-14)11-20(2)16(22)12-6-8-21(9-7-12)17(23)13-5-4-10-24-13/h12-13H,3-11H2,1-2H3/t13-/m0/s1. The average molecular weight is 350 g/mol. The van der Waals surface area contributed by atoms with Gasteiger partial charge in [-0.2, -0.15) is 0 Å². The van der Waals surface area contributed by atoms with Gasteiger partial charge in [-0.3, -0.25) is 9.59 Å². The maximum atomic E-state index is 12.6. The van der Waals surface area contributed by atoms with E-state index in [0.29, 0.717) is 57.3 Å². The molecule has 0 aromatic carbocycles. The van der Waals surface area contributed by atoms with E-state index in [2.05, 4.69) is 10.2 Å². The second-order valence-corrected chi connectivity index (χ2v) is 6.74. The van der Waals surface area contributed by atoms with E-state index in [1.165, 1.54) is 0 Å². The van der Waals surface area contributed by atoms with Crippen molar-refractivity contribution in [2.24, 2.45) is 5.92 Å². The van der Waals surface area contributed by atoms with Gasteiger partial charge in [-0.25, -0.2) is 0 Å². The number of aromatic nitrogens is 2. The van der Waals surface area contributed by atoms with Crippen molar-refractivity contribution < 1.29 is 18.7 Å². The van der Waals surface area contributed by atoms with Crippen LogP contribution in [0.3, 0.4) is 0 Å². The number of amides is 2. The van der Waals surface area contributed by atoms with E-state index < -0.39 is 0 Å². The highest BCUT2D eigenvalue weighted by Crippen LogP contribution is 2.23. The number of carbonyl (C=O) groups excluding carboxylic acids is 2. The molecule has 1 atom stereocenters. The first-order chi connectivity index (χ1) is 12.1. The third-order valence-electron chi connectivity index (χ3n) is 4.92. The molecule has 0 unspecified atom stereocenters. The van der Waals surface area contributed by atoms with Gasteiger partial charge in [0.2, 0.25) is 17.7 Å². The SMILES string of the molecule is CCc1nnc(CN(C)C(=O)C2CCN(C(=O)[C@@H]3CCCO3)CC2)o1. The van der Waals surface area contributed by atoms with Gasteiger partial charge in [0.15, 0.2) is 0 Å². The first kappa shape index (κ1) is 17.8. The van der Waals surface area contributed by atoms with Gasteiger partial charge in [-0.1, -0.05) is 6.92 Å². The Bertz CT molecular complexity index is 604. The summed E-state index contributed by atoms with van der Waals surface area (Å²) in [6.45, 7) is 4.16. The van der Waals surface area contributed by atoms with Crippen molar-refractivity contribution in [1.82, 2.24) is 20.0 Å². The van der Waals surface area contributed by atoms with Crippen LogP contribution in [0.5, 0.6) is 0 Å². The molecule has 25 heavy (non-hydrogen) atoms. The highest BCUT2D eigenvalue weighted by molar-refractivity contribution is 5.82. The van der Waals surface area contributed by atoms with Crippen LogP contribution in [0, 0.1) is 5.92 Å². The largest absolute Gasteiger partial charge is 0.423 e. The Morgan fingerprint density at radius 2 is 1.92 bits per heavy atom. The van der Waals surface area contributed by atoms with Gasteiger partial charge in [0, 0.05) is 39.1 Å². The molecule has 1 aromatic rings. The van der Waals surface area contributed by atoms with E-state index >= 15 is 0 Å². The number of carbonyl (C=O) groups is 2. The van der Waals surface area contributed by atoms with E-state index in [-0.39, 0.29) is 23.8 Å². The van der Waals surface area contributed by atoms with Gasteiger partial charge >= 0.3 is 0 Å². The number of hydrogen-bond donors (Lipinski definition) is 0. The third-order valence-corrected chi connectivity index (χ3v) is 4.92. The summed E-state index contributed by atoms with van der Waals surface area (Å²) in [6, 6.07) is 0. The zero-order chi connectivity index (χ0) is 17.8. The molecular weight excluding hydrogens is 324 g/mol. The maximum Gasteiger partial charge on any atom is 0.251 e. The number of ether oxygens (including phenoxy) is 1. The lowest BCUT2D eigenvalue weighted by atomic mass is 9.95. The van der Waals surface area contributed by atoms with Gasteiger partial charge in [0.1, 0.15) is 6.10 Å². The molecule has 0 bridgehead atoms. The van der Waals surface area contributed by atoms with Crippen LogP contribution in [0.4, 0.5) is 0 Å². The van der Waals surface area contributed by atoms with Crippen LogP contribution in [0.2, 0.25) is 0 Å². The number of aryl methyl sites for hydroxylation is 1. The van der Waals surface area contributed by atoms with Crippen molar-refractivity contribution in [2.75, 3.05) is 26.7 Å². The summed E-state index contributed by atoms with van der Waals surface area (Å²) < 4.78 is 10.9. The van der Waals surface area contributed by atoms with Crippen LogP contribution in [0.25, 0.3) is 0 Å². The fourth-order valence-electron chi connectivity index (χ4n) is 3.41. The molecule has 8 nitrogen and oxygen atoms in total. The normalized spacial score (nSPS) is 21.5. The van der Waals surface area contributed by atoms with Gasteiger partial charge in [0.25, 0.3) is 5.91 Å². The van der Waals surface area contributed by atoms with Crippen LogP contribution in [-0.4, -0.2) is 64.7 Å². The Labute approximate surface area is 147 Å². The lowest BCUT2D eigenvalue weighted by Gasteiger charge is -2.34. The zero-order valence-electron chi connectivity index (χ0n) is 14.9. The number of likely N-dealkylation sites (tertiary alicyclic amines) is 1. The Morgan fingerprint density at radius 1 is 1.20 bits per heavy atom. The molecule has 0 saturated carbocycles. The molecule has 8 heteroatoms. The molecule has 1 aromatic heterocycles. The Hall–Kier alpha value is -1.96. The van der Waals surface area contributed by atoms with Crippen molar-refractivity contribution in [2.45, 2.75) is 51.7 Å². The Kier molecular flexibility index (Phi) is 5.67. The van der Waals surface area contributed by atoms with Crippen LogP contribution < -0.4 is 0 Å². The molecule has 2 fully saturated rings. The van der Waals surface area contributed by atoms with Gasteiger partial charge < -0.3 is 19.0 Å². The van der Waals surface area contributed by atoms with E-state index in [1.54, 1.807) is 11.9 Å². The van der Waals surface area contributed by atoms with E-state index in [0.717, 1.165) is 12.8 Å². The Balaban J connectivity index is 1.48. The molecular formula is C17H26N4O4. The van der Waals surface area contributed by atoms with Gasteiger partial charge in [-0.15, -0.1) is 10.2 Å². The number of nitrogens with zero attached hydrogens (tertiary/aromatic N) is 4. The molecule has 0 radical (unpaired) electrons. The van der Waals surface area contributed by atoms with E-state index in [9.17, 15) is 9.59 Å². The molecule has 0 aliphatic carbocycles. The monoisotopic (exact) mass is 350 g/mol. The summed E-state index contributed by atoms with van der Waals surface area (Å²) in [5, 5.41) is 7.87. The molecule has 2 saturated heterocycles. The minimum absolute atomic E-state index is 0.0629. The lowest BCUT2D eigenvalue weighted by Crippen LogP contribution is -2.46. The van der Waals surface area contributed by atoms with Crippen molar-refractivity contribution in [3.63, 3.8) is 0 Å². The third kappa shape index (κ3) is 4.18. The smallest absolute Gasteiger partial charge is 0.251 e. The van der Waals surface area contributed by atoms with Crippen molar-refractivity contribution in [1.29, 1.82) is 0 Å². The number of rotatable bonds is 5. The molecule has 2 aliphatic rings. The predicted molar refractivity (Wildman–Crippen MR) is 88.4 cm³/mol. The van der Waals surface area contributed by atoms with E-state index in [1.807, 2.05) is 11.8 Å². The number of hydrogen-bond acceptors (Lipinski definition) is 6. The summed E-state index contributed by atoms with van der Waals surface area (Å²) in [5.74, 6) is 1.12. The molecule has 3 heterocycles. The van der Waals surface area contributed by atoms with Crippen LogP contribution in [0.15, 0.2) is 4.42 Å². The maximum absolute atomic E-state index is 12.6. The molecule has 0 N–H and O–H groups in total. The lowest BCUT2D eigenvalue weighted by molar-refractivity contribution is -0.145. The second kappa shape index (κ2) is 7.95. The fourth-order valence-corrected chi connectivity index (χ4v) is 3.41. The van der Waals surface area contributed by atoms with Crippen LogP contribution in [-0.2, 0) is 27.3 Å². The first-order valence-corrected chi connectivity index (χ1v) is 9.05. The topological polar surface area (TPSA) is 88.8 Å². The summed E-state index contributed by atoms with van der Waals surface area (Å²) >= 11 is 0. The van der Waals surface area contributed by atoms with Crippen molar-refractivity contribution >= 4 is 11.8 Å². The highest BCUT2D eigenvalue weighted by Gasteiger charge is 2.33. The van der Waals surface area contributed by atoms with E-state index in [4.69, 9.17) is 9.15 Å². The summed E-state index contributed by atoms with van der Waals surface area (Å²) in [7, 11) is 1.75. The van der Waals surface area contributed by atoms with Gasteiger partial charge in [0.05, 0.1) is 6.54 Å². The van der Waals surface area contributed by atoms with Crippen molar-refractivity contribution in [3.8, 4) is 0 Å². The predicted octanol–water partition coefficient (Wildman–Crippen LogP) is 1.01. The first-order valence-electron chi connectivity index (χ1n) is 9.05.